The summed E-state index contributed by atoms with van der Waals surface area (Å²) in [6, 6.07) is 5.56. The van der Waals surface area contributed by atoms with Crippen LogP contribution in [0.4, 0.5) is 5.69 Å². The number of aliphatic hydroxyl groups excluding tert-OH is 1. The number of aliphatic hydroxyl groups is 1. The van der Waals surface area contributed by atoms with Gasteiger partial charge in [0.25, 0.3) is 5.69 Å². The molecule has 1 fully saturated rings. The molecule has 0 aromatic heterocycles. The molecule has 1 aliphatic rings. The zero-order chi connectivity index (χ0) is 15.0. The molecule has 0 bridgehead atoms. The highest BCUT2D eigenvalue weighted by molar-refractivity contribution is 7.54. The van der Waals surface area contributed by atoms with E-state index in [9.17, 15) is 19.8 Å². The number of hydrogen-bond donors (Lipinski definition) is 1. The number of para-hydroxylation sites is 1. The van der Waals surface area contributed by atoms with Crippen molar-refractivity contribution in [3.63, 3.8) is 0 Å². The monoisotopic (exact) mass is 301 g/mol. The van der Waals surface area contributed by atoms with Gasteiger partial charge in [-0.25, -0.2) is 0 Å². The number of nitro benzene ring substituents is 1. The molecule has 0 saturated carbocycles. The van der Waals surface area contributed by atoms with Crippen molar-refractivity contribution in [1.82, 2.24) is 0 Å². The minimum absolute atomic E-state index is 0.0689. The summed E-state index contributed by atoms with van der Waals surface area (Å²) in [4.78, 5) is 10.3. The molecule has 1 atom stereocenters. The van der Waals surface area contributed by atoms with Crippen LogP contribution in [0.15, 0.2) is 24.3 Å². The molecule has 1 aliphatic heterocycles. The van der Waals surface area contributed by atoms with Crippen LogP contribution in [0.5, 0.6) is 0 Å². The van der Waals surface area contributed by atoms with E-state index in [1.807, 2.05) is 13.8 Å². The first-order valence-corrected chi connectivity index (χ1v) is 7.67. The lowest BCUT2D eigenvalue weighted by Gasteiger charge is -2.35. The van der Waals surface area contributed by atoms with Gasteiger partial charge in [-0.2, -0.15) is 0 Å². The molecule has 0 spiro atoms. The first-order chi connectivity index (χ1) is 9.25. The number of benzene rings is 1. The van der Waals surface area contributed by atoms with Crippen molar-refractivity contribution in [1.29, 1.82) is 0 Å². The van der Waals surface area contributed by atoms with Crippen molar-refractivity contribution in [3.05, 3.63) is 39.9 Å². The maximum atomic E-state index is 12.5. The van der Waals surface area contributed by atoms with Gasteiger partial charge in [0.2, 0.25) is 0 Å². The zero-order valence-electron chi connectivity index (χ0n) is 11.2. The summed E-state index contributed by atoms with van der Waals surface area (Å²) >= 11 is 0. The number of nitro groups is 1. The van der Waals surface area contributed by atoms with Gasteiger partial charge in [0.15, 0.2) is 5.85 Å². The Hall–Kier alpha value is -1.27. The summed E-state index contributed by atoms with van der Waals surface area (Å²) in [5, 5.41) is 21.1. The molecule has 0 radical (unpaired) electrons. The quantitative estimate of drug-likeness (QED) is 0.523. The maximum Gasteiger partial charge on any atom is 0.363 e. The fourth-order valence-electron chi connectivity index (χ4n) is 1.79. The van der Waals surface area contributed by atoms with Gasteiger partial charge >= 0.3 is 7.60 Å². The molecular formula is C12H16NO6P. The molecule has 0 amide bonds. The third-order valence-corrected chi connectivity index (χ3v) is 4.84. The van der Waals surface area contributed by atoms with E-state index in [4.69, 9.17) is 9.05 Å². The third-order valence-electron chi connectivity index (χ3n) is 2.98. The largest absolute Gasteiger partial charge is 0.376 e. The van der Waals surface area contributed by atoms with Gasteiger partial charge in [0.05, 0.1) is 23.7 Å². The van der Waals surface area contributed by atoms with Gasteiger partial charge in [-0.15, -0.1) is 0 Å². The second kappa shape index (κ2) is 5.26. The second-order valence-electron chi connectivity index (χ2n) is 5.44. The van der Waals surface area contributed by atoms with E-state index in [1.165, 1.54) is 24.3 Å². The summed E-state index contributed by atoms with van der Waals surface area (Å²) in [7, 11) is -3.82. The fourth-order valence-corrected chi connectivity index (χ4v) is 3.77. The molecule has 2 rings (SSSR count). The molecule has 7 nitrogen and oxygen atoms in total. The summed E-state index contributed by atoms with van der Waals surface area (Å²) in [6.45, 7) is 4.05. The Morgan fingerprint density at radius 3 is 2.45 bits per heavy atom. The number of rotatable bonds is 3. The van der Waals surface area contributed by atoms with Gasteiger partial charge in [0.1, 0.15) is 0 Å². The van der Waals surface area contributed by atoms with Crippen molar-refractivity contribution < 1.29 is 23.6 Å². The first kappa shape index (κ1) is 15.1. The second-order valence-corrected chi connectivity index (χ2v) is 7.53. The Morgan fingerprint density at radius 1 is 1.35 bits per heavy atom. The molecule has 0 aliphatic carbocycles. The van der Waals surface area contributed by atoms with Crippen LogP contribution in [-0.2, 0) is 13.6 Å². The van der Waals surface area contributed by atoms with E-state index in [2.05, 4.69) is 0 Å². The van der Waals surface area contributed by atoms with E-state index < -0.39 is 18.4 Å². The van der Waals surface area contributed by atoms with Crippen LogP contribution in [0.1, 0.15) is 25.3 Å². The smallest absolute Gasteiger partial charge is 0.363 e. The normalized spacial score (nSPS) is 22.1. The topological polar surface area (TPSA) is 98.9 Å². The van der Waals surface area contributed by atoms with Crippen molar-refractivity contribution in [3.8, 4) is 0 Å². The highest BCUT2D eigenvalue weighted by Gasteiger charge is 2.44. The predicted molar refractivity (Wildman–Crippen MR) is 71.3 cm³/mol. The standard InChI is InChI=1S/C12H16NO6P/c1-12(2)7-18-20(17,19-8-12)11(14)9-5-3-4-6-10(9)13(15)16/h3-6,11,14H,7-8H2,1-2H3. The van der Waals surface area contributed by atoms with Crippen LogP contribution in [0.3, 0.4) is 0 Å². The van der Waals surface area contributed by atoms with Gasteiger partial charge < -0.3 is 14.2 Å². The van der Waals surface area contributed by atoms with Crippen molar-refractivity contribution >= 4 is 13.3 Å². The molecule has 1 aromatic rings. The molecule has 110 valence electrons. The van der Waals surface area contributed by atoms with E-state index in [0.29, 0.717) is 0 Å². The zero-order valence-corrected chi connectivity index (χ0v) is 12.1. The van der Waals surface area contributed by atoms with E-state index in [-0.39, 0.29) is 29.9 Å². The van der Waals surface area contributed by atoms with Gasteiger partial charge in [-0.3, -0.25) is 14.7 Å². The van der Waals surface area contributed by atoms with Crippen LogP contribution < -0.4 is 0 Å². The van der Waals surface area contributed by atoms with E-state index in [1.54, 1.807) is 0 Å². The van der Waals surface area contributed by atoms with Crippen LogP contribution >= 0.6 is 7.60 Å². The lowest BCUT2D eigenvalue weighted by atomic mass is 9.97. The molecule has 20 heavy (non-hydrogen) atoms. The minimum Gasteiger partial charge on any atom is -0.376 e. The summed E-state index contributed by atoms with van der Waals surface area (Å²) in [5.41, 5.74) is -0.691. The highest BCUT2D eigenvalue weighted by atomic mass is 31.2. The molecule has 1 heterocycles. The van der Waals surface area contributed by atoms with Crippen LogP contribution in [0.2, 0.25) is 0 Å². The van der Waals surface area contributed by atoms with Crippen molar-refractivity contribution in [2.75, 3.05) is 13.2 Å². The van der Waals surface area contributed by atoms with Crippen LogP contribution in [-0.4, -0.2) is 23.2 Å². The maximum absolute atomic E-state index is 12.5. The first-order valence-electron chi connectivity index (χ1n) is 6.05. The molecule has 1 N–H and O–H groups in total. The fraction of sp³-hybridized carbons (Fsp3) is 0.500. The molecule has 1 saturated heterocycles. The van der Waals surface area contributed by atoms with Crippen molar-refractivity contribution in [2.24, 2.45) is 5.41 Å². The average Bonchev–Trinajstić information content (AvgIpc) is 2.41. The lowest BCUT2D eigenvalue weighted by Crippen LogP contribution is -2.30. The summed E-state index contributed by atoms with van der Waals surface area (Å²) < 4.78 is 22.9. The summed E-state index contributed by atoms with van der Waals surface area (Å²) in [5.74, 6) is -1.67. The summed E-state index contributed by atoms with van der Waals surface area (Å²) in [6.07, 6.45) is 0. The van der Waals surface area contributed by atoms with E-state index >= 15 is 0 Å². The van der Waals surface area contributed by atoms with Crippen molar-refractivity contribution in [2.45, 2.75) is 19.7 Å². The molecule has 1 unspecified atom stereocenters. The molecule has 1 aromatic carbocycles. The Kier molecular flexibility index (Phi) is 3.97. The number of hydrogen-bond acceptors (Lipinski definition) is 6. The minimum atomic E-state index is -3.82. The van der Waals surface area contributed by atoms with Crippen LogP contribution in [0.25, 0.3) is 0 Å². The van der Waals surface area contributed by atoms with Gasteiger partial charge in [-0.05, 0) is 6.07 Å². The Labute approximate surface area is 116 Å². The molecular weight excluding hydrogens is 285 g/mol. The van der Waals surface area contributed by atoms with Gasteiger partial charge in [0, 0.05) is 11.5 Å². The number of nitrogens with zero attached hydrogens (tertiary/aromatic N) is 1. The Morgan fingerprint density at radius 2 is 1.90 bits per heavy atom. The lowest BCUT2D eigenvalue weighted by molar-refractivity contribution is -0.386. The highest BCUT2D eigenvalue weighted by Crippen LogP contribution is 2.63. The third kappa shape index (κ3) is 2.91. The Bertz CT molecular complexity index is 559. The average molecular weight is 301 g/mol. The van der Waals surface area contributed by atoms with Crippen LogP contribution in [0, 0.1) is 15.5 Å². The molecule has 8 heteroatoms. The van der Waals surface area contributed by atoms with Gasteiger partial charge in [-0.1, -0.05) is 26.0 Å². The Balaban J connectivity index is 2.30. The van der Waals surface area contributed by atoms with E-state index in [0.717, 1.165) is 0 Å². The predicted octanol–water partition coefficient (Wildman–Crippen LogP) is 2.85. The SMILES string of the molecule is CC1(C)COP(=O)(C(O)c2ccccc2[N+](=O)[O-])OC1.